The van der Waals surface area contributed by atoms with Crippen LogP contribution in [0.2, 0.25) is 0 Å². The summed E-state index contributed by atoms with van der Waals surface area (Å²) >= 11 is 3.31. The van der Waals surface area contributed by atoms with Crippen LogP contribution >= 0.6 is 28.3 Å². The van der Waals surface area contributed by atoms with E-state index in [4.69, 9.17) is 10.8 Å². The van der Waals surface area contributed by atoms with E-state index in [0.29, 0.717) is 0 Å². The molecular formula is C8H11BrClNO. The fourth-order valence-corrected chi connectivity index (χ4v) is 1.08. The van der Waals surface area contributed by atoms with Gasteiger partial charge in [0.2, 0.25) is 0 Å². The van der Waals surface area contributed by atoms with Gasteiger partial charge in [-0.1, -0.05) is 28.1 Å². The predicted octanol–water partition coefficient (Wildman–Crippen LogP) is 1.86. The second-order valence-corrected chi connectivity index (χ2v) is 3.26. The quantitative estimate of drug-likeness (QED) is 0.844. The summed E-state index contributed by atoms with van der Waals surface area (Å²) < 4.78 is 1.02. The van der Waals surface area contributed by atoms with E-state index in [1.165, 1.54) is 0 Å². The van der Waals surface area contributed by atoms with Crippen LogP contribution in [0.25, 0.3) is 0 Å². The fourth-order valence-electron chi connectivity index (χ4n) is 0.815. The molecule has 0 unspecified atom stereocenters. The molecule has 4 heteroatoms. The molecule has 0 spiro atoms. The van der Waals surface area contributed by atoms with E-state index in [0.717, 1.165) is 10.0 Å². The standard InChI is InChI=1S/C8H10BrNO.ClH/c9-7-3-1-6(2-4-7)8(10)5-11;/h1-4,8,11H,5,10H2;1H/t8-;/m1./s1. The predicted molar refractivity (Wildman–Crippen MR) is 55.4 cm³/mol. The van der Waals surface area contributed by atoms with Gasteiger partial charge in [0.1, 0.15) is 0 Å². The van der Waals surface area contributed by atoms with Crippen LogP contribution in [0.3, 0.4) is 0 Å². The van der Waals surface area contributed by atoms with Crippen molar-refractivity contribution in [2.75, 3.05) is 6.61 Å². The van der Waals surface area contributed by atoms with Crippen LogP contribution in [0.15, 0.2) is 28.7 Å². The van der Waals surface area contributed by atoms with Crippen LogP contribution in [0.5, 0.6) is 0 Å². The summed E-state index contributed by atoms with van der Waals surface area (Å²) in [4.78, 5) is 0. The summed E-state index contributed by atoms with van der Waals surface area (Å²) in [6.07, 6.45) is 0. The van der Waals surface area contributed by atoms with Crippen LogP contribution in [-0.2, 0) is 0 Å². The SMILES string of the molecule is Cl.N[C@H](CO)c1ccc(Br)cc1. The third-order valence-corrected chi connectivity index (χ3v) is 2.02. The molecule has 0 aliphatic rings. The lowest BCUT2D eigenvalue weighted by Crippen LogP contribution is -2.13. The third-order valence-electron chi connectivity index (χ3n) is 1.49. The Morgan fingerprint density at radius 3 is 2.25 bits per heavy atom. The zero-order valence-corrected chi connectivity index (χ0v) is 8.81. The van der Waals surface area contributed by atoms with Crippen molar-refractivity contribution in [3.8, 4) is 0 Å². The van der Waals surface area contributed by atoms with Gasteiger partial charge in [0.05, 0.1) is 12.6 Å². The van der Waals surface area contributed by atoms with Gasteiger partial charge in [-0.2, -0.15) is 0 Å². The van der Waals surface area contributed by atoms with E-state index >= 15 is 0 Å². The van der Waals surface area contributed by atoms with Gasteiger partial charge in [-0.25, -0.2) is 0 Å². The Hall–Kier alpha value is -0.0900. The molecule has 0 heterocycles. The minimum atomic E-state index is -0.261. The first-order valence-corrected chi connectivity index (χ1v) is 4.15. The van der Waals surface area contributed by atoms with Gasteiger partial charge in [0.15, 0.2) is 0 Å². The minimum Gasteiger partial charge on any atom is -0.394 e. The summed E-state index contributed by atoms with van der Waals surface area (Å²) in [5.41, 5.74) is 6.53. The maximum atomic E-state index is 8.72. The Labute approximate surface area is 86.3 Å². The van der Waals surface area contributed by atoms with Gasteiger partial charge < -0.3 is 10.8 Å². The Morgan fingerprint density at radius 1 is 1.33 bits per heavy atom. The summed E-state index contributed by atoms with van der Waals surface area (Å²) in [6.45, 7) is -0.0123. The first-order chi connectivity index (χ1) is 5.24. The number of aliphatic hydroxyl groups excluding tert-OH is 1. The zero-order valence-electron chi connectivity index (χ0n) is 6.40. The van der Waals surface area contributed by atoms with Crippen LogP contribution in [0.1, 0.15) is 11.6 Å². The maximum absolute atomic E-state index is 8.72. The molecule has 12 heavy (non-hydrogen) atoms. The molecule has 3 N–H and O–H groups in total. The summed E-state index contributed by atoms with van der Waals surface area (Å²) in [6, 6.07) is 7.34. The van der Waals surface area contributed by atoms with Crippen molar-refractivity contribution >= 4 is 28.3 Å². The Balaban J connectivity index is 0.00000121. The average Bonchev–Trinajstić information content (AvgIpc) is 2.05. The molecule has 0 radical (unpaired) electrons. The van der Waals surface area contributed by atoms with Crippen molar-refractivity contribution < 1.29 is 5.11 Å². The maximum Gasteiger partial charge on any atom is 0.0624 e. The van der Waals surface area contributed by atoms with E-state index < -0.39 is 0 Å². The smallest absolute Gasteiger partial charge is 0.0624 e. The van der Waals surface area contributed by atoms with E-state index in [9.17, 15) is 0 Å². The lowest BCUT2D eigenvalue weighted by atomic mass is 10.1. The summed E-state index contributed by atoms with van der Waals surface area (Å²) in [5, 5.41) is 8.72. The van der Waals surface area contributed by atoms with Gasteiger partial charge in [-0.3, -0.25) is 0 Å². The molecule has 0 saturated carbocycles. The van der Waals surface area contributed by atoms with E-state index in [1.807, 2.05) is 24.3 Å². The van der Waals surface area contributed by atoms with E-state index in [-0.39, 0.29) is 25.1 Å². The number of aliphatic hydroxyl groups is 1. The molecule has 1 rings (SSSR count). The molecule has 2 nitrogen and oxygen atoms in total. The lowest BCUT2D eigenvalue weighted by Gasteiger charge is -2.07. The normalized spacial score (nSPS) is 11.9. The highest BCUT2D eigenvalue weighted by molar-refractivity contribution is 9.10. The van der Waals surface area contributed by atoms with Gasteiger partial charge in [0, 0.05) is 4.47 Å². The lowest BCUT2D eigenvalue weighted by molar-refractivity contribution is 0.268. The topological polar surface area (TPSA) is 46.2 Å². The largest absolute Gasteiger partial charge is 0.394 e. The molecule has 1 atom stereocenters. The molecule has 0 fully saturated rings. The molecule has 1 aromatic carbocycles. The van der Waals surface area contributed by atoms with Crippen molar-refractivity contribution in [3.05, 3.63) is 34.3 Å². The molecule has 0 aliphatic carbocycles. The third kappa shape index (κ3) is 3.11. The van der Waals surface area contributed by atoms with E-state index in [2.05, 4.69) is 15.9 Å². The van der Waals surface area contributed by atoms with Crippen molar-refractivity contribution in [1.82, 2.24) is 0 Å². The number of benzene rings is 1. The zero-order chi connectivity index (χ0) is 8.27. The van der Waals surface area contributed by atoms with Crippen LogP contribution in [0, 0.1) is 0 Å². The van der Waals surface area contributed by atoms with Crippen molar-refractivity contribution in [3.63, 3.8) is 0 Å². The van der Waals surface area contributed by atoms with E-state index in [1.54, 1.807) is 0 Å². The van der Waals surface area contributed by atoms with Crippen molar-refractivity contribution in [2.45, 2.75) is 6.04 Å². The average molecular weight is 253 g/mol. The highest BCUT2D eigenvalue weighted by Gasteiger charge is 2.01. The monoisotopic (exact) mass is 251 g/mol. The number of hydrogen-bond acceptors (Lipinski definition) is 2. The van der Waals surface area contributed by atoms with Gasteiger partial charge in [-0.05, 0) is 17.7 Å². The fraction of sp³-hybridized carbons (Fsp3) is 0.250. The molecule has 0 saturated heterocycles. The summed E-state index contributed by atoms with van der Waals surface area (Å²) in [7, 11) is 0. The van der Waals surface area contributed by atoms with Crippen molar-refractivity contribution in [2.24, 2.45) is 5.73 Å². The minimum absolute atomic E-state index is 0. The Bertz CT molecular complexity index is 227. The molecular weight excluding hydrogens is 241 g/mol. The Morgan fingerprint density at radius 2 is 1.83 bits per heavy atom. The second kappa shape index (κ2) is 5.54. The van der Waals surface area contributed by atoms with Crippen LogP contribution in [0.4, 0.5) is 0 Å². The van der Waals surface area contributed by atoms with Gasteiger partial charge in [-0.15, -0.1) is 12.4 Å². The Kier molecular flexibility index (Phi) is 5.50. The number of rotatable bonds is 2. The molecule has 1 aromatic rings. The highest BCUT2D eigenvalue weighted by atomic mass is 79.9. The molecule has 0 amide bonds. The number of halogens is 2. The molecule has 0 aromatic heterocycles. The molecule has 68 valence electrons. The van der Waals surface area contributed by atoms with Crippen molar-refractivity contribution in [1.29, 1.82) is 0 Å². The first-order valence-electron chi connectivity index (χ1n) is 3.36. The van der Waals surface area contributed by atoms with Crippen LogP contribution in [-0.4, -0.2) is 11.7 Å². The first kappa shape index (κ1) is 11.9. The highest BCUT2D eigenvalue weighted by Crippen LogP contribution is 2.14. The van der Waals surface area contributed by atoms with Crippen LogP contribution < -0.4 is 5.73 Å². The number of nitrogens with two attached hydrogens (primary N) is 1. The van der Waals surface area contributed by atoms with Gasteiger partial charge >= 0.3 is 0 Å². The number of hydrogen-bond donors (Lipinski definition) is 2. The molecule has 0 bridgehead atoms. The molecule has 0 aliphatic heterocycles. The van der Waals surface area contributed by atoms with Gasteiger partial charge in [0.25, 0.3) is 0 Å². The second-order valence-electron chi connectivity index (χ2n) is 2.34. The summed E-state index contributed by atoms with van der Waals surface area (Å²) in [5.74, 6) is 0.